The summed E-state index contributed by atoms with van der Waals surface area (Å²) in [5.74, 6) is 0.151. The maximum absolute atomic E-state index is 11.3. The van der Waals surface area contributed by atoms with Crippen molar-refractivity contribution in [2.45, 2.75) is 25.9 Å². The third-order valence-corrected chi connectivity index (χ3v) is 4.03. The number of hydrogen-bond acceptors (Lipinski definition) is 5. The molecule has 0 radical (unpaired) electrons. The van der Waals surface area contributed by atoms with Gasteiger partial charge in [0.1, 0.15) is 5.69 Å². The fraction of sp³-hybridized carbons (Fsp3) is 0.571. The Balaban J connectivity index is 2.29. The molecular weight excluding hydrogens is 294 g/mol. The van der Waals surface area contributed by atoms with Crippen molar-refractivity contribution in [3.63, 3.8) is 0 Å². The van der Waals surface area contributed by atoms with Gasteiger partial charge in [-0.15, -0.1) is 11.6 Å². The smallest absolute Gasteiger partial charge is 0.292 e. The Bertz CT molecular complexity index is 518. The molecular formula is C14H20ClN3O3. The first-order chi connectivity index (χ1) is 10.0. The highest BCUT2D eigenvalue weighted by atomic mass is 35.5. The number of hydrogen-bond donors (Lipinski definition) is 2. The molecule has 1 aromatic carbocycles. The van der Waals surface area contributed by atoms with E-state index in [2.05, 4.69) is 5.32 Å². The van der Waals surface area contributed by atoms with Crippen LogP contribution in [0.15, 0.2) is 12.1 Å². The monoisotopic (exact) mass is 313 g/mol. The minimum absolute atomic E-state index is 0.137. The number of nitrogens with one attached hydrogen (secondary N) is 1. The molecule has 0 bridgehead atoms. The van der Waals surface area contributed by atoms with Crippen LogP contribution in [-0.2, 0) is 0 Å². The van der Waals surface area contributed by atoms with Crippen LogP contribution in [0.5, 0.6) is 0 Å². The van der Waals surface area contributed by atoms with Crippen LogP contribution >= 0.6 is 11.6 Å². The molecule has 0 saturated carbocycles. The standard InChI is InChI=1S/C14H20ClN3O3/c1-10-6-14(18(20)21)13(17-4-2-3-5-17)7-12(10)16-9-11(19)8-15/h6-7,11,16,19H,2-5,8-9H2,1H3. The van der Waals surface area contributed by atoms with E-state index in [9.17, 15) is 15.2 Å². The fourth-order valence-electron chi connectivity index (χ4n) is 2.51. The molecule has 1 fully saturated rings. The Morgan fingerprint density at radius 1 is 1.48 bits per heavy atom. The molecule has 21 heavy (non-hydrogen) atoms. The summed E-state index contributed by atoms with van der Waals surface area (Å²) in [6.45, 7) is 3.82. The van der Waals surface area contributed by atoms with Gasteiger partial charge in [-0.2, -0.15) is 0 Å². The highest BCUT2D eigenvalue weighted by Gasteiger charge is 2.23. The molecule has 1 heterocycles. The van der Waals surface area contributed by atoms with E-state index < -0.39 is 6.10 Å². The largest absolute Gasteiger partial charge is 0.390 e. The van der Waals surface area contributed by atoms with Crippen molar-refractivity contribution in [3.05, 3.63) is 27.8 Å². The Labute approximate surface area is 128 Å². The van der Waals surface area contributed by atoms with Gasteiger partial charge in [-0.1, -0.05) is 0 Å². The number of aryl methyl sites for hydroxylation is 1. The second kappa shape index (κ2) is 6.95. The third-order valence-electron chi connectivity index (χ3n) is 3.67. The first-order valence-electron chi connectivity index (χ1n) is 7.05. The lowest BCUT2D eigenvalue weighted by atomic mass is 10.1. The van der Waals surface area contributed by atoms with Crippen LogP contribution in [0.4, 0.5) is 17.1 Å². The van der Waals surface area contributed by atoms with Gasteiger partial charge in [-0.25, -0.2) is 0 Å². The summed E-state index contributed by atoms with van der Waals surface area (Å²) in [4.78, 5) is 13.0. The fourth-order valence-corrected chi connectivity index (χ4v) is 2.62. The summed E-state index contributed by atoms with van der Waals surface area (Å²) in [6, 6.07) is 3.39. The van der Waals surface area contributed by atoms with Crippen molar-refractivity contribution in [3.8, 4) is 0 Å². The predicted octanol–water partition coefficient (Wildman–Crippen LogP) is 2.52. The van der Waals surface area contributed by atoms with E-state index in [0.717, 1.165) is 37.2 Å². The summed E-state index contributed by atoms with van der Waals surface area (Å²) in [7, 11) is 0. The quantitative estimate of drug-likeness (QED) is 0.479. The Hall–Kier alpha value is -1.53. The number of benzene rings is 1. The van der Waals surface area contributed by atoms with Crippen LogP contribution in [0.1, 0.15) is 18.4 Å². The molecule has 7 heteroatoms. The molecule has 6 nitrogen and oxygen atoms in total. The number of nitro groups is 1. The molecule has 0 spiro atoms. The third kappa shape index (κ3) is 3.77. The first-order valence-corrected chi connectivity index (χ1v) is 7.58. The van der Waals surface area contributed by atoms with Crippen molar-refractivity contribution < 1.29 is 10.0 Å². The highest BCUT2D eigenvalue weighted by Crippen LogP contribution is 2.35. The number of aliphatic hydroxyl groups excluding tert-OH is 1. The van der Waals surface area contributed by atoms with E-state index in [-0.39, 0.29) is 16.5 Å². The van der Waals surface area contributed by atoms with Crippen LogP contribution in [0.3, 0.4) is 0 Å². The van der Waals surface area contributed by atoms with Crippen molar-refractivity contribution >= 4 is 28.7 Å². The molecule has 0 aromatic heterocycles. The Kier molecular flexibility index (Phi) is 5.25. The summed E-state index contributed by atoms with van der Waals surface area (Å²) in [6.07, 6.45) is 1.47. The van der Waals surface area contributed by atoms with Crippen molar-refractivity contribution in [1.82, 2.24) is 0 Å². The normalized spacial score (nSPS) is 16.0. The summed E-state index contributed by atoms with van der Waals surface area (Å²) in [5.41, 5.74) is 2.36. The zero-order chi connectivity index (χ0) is 15.4. The lowest BCUT2D eigenvalue weighted by molar-refractivity contribution is -0.384. The van der Waals surface area contributed by atoms with Crippen LogP contribution in [0, 0.1) is 17.0 Å². The van der Waals surface area contributed by atoms with E-state index in [0.29, 0.717) is 12.2 Å². The summed E-state index contributed by atoms with van der Waals surface area (Å²) >= 11 is 5.57. The number of rotatable bonds is 6. The van der Waals surface area contributed by atoms with Gasteiger partial charge in [-0.3, -0.25) is 10.1 Å². The molecule has 1 atom stereocenters. The predicted molar refractivity (Wildman–Crippen MR) is 84.5 cm³/mol. The van der Waals surface area contributed by atoms with E-state index in [1.165, 1.54) is 0 Å². The molecule has 1 saturated heterocycles. The molecule has 2 N–H and O–H groups in total. The van der Waals surface area contributed by atoms with Gasteiger partial charge < -0.3 is 15.3 Å². The van der Waals surface area contributed by atoms with Crippen molar-refractivity contribution in [1.29, 1.82) is 0 Å². The van der Waals surface area contributed by atoms with Crippen LogP contribution in [-0.4, -0.2) is 41.6 Å². The maximum Gasteiger partial charge on any atom is 0.292 e. The van der Waals surface area contributed by atoms with Gasteiger partial charge in [0.15, 0.2) is 0 Å². The summed E-state index contributed by atoms with van der Waals surface area (Å²) in [5, 5.41) is 23.9. The van der Waals surface area contributed by atoms with Gasteiger partial charge >= 0.3 is 0 Å². The molecule has 2 rings (SSSR count). The lowest BCUT2D eigenvalue weighted by Gasteiger charge is -2.20. The lowest BCUT2D eigenvalue weighted by Crippen LogP contribution is -2.22. The molecule has 116 valence electrons. The molecule has 0 amide bonds. The van der Waals surface area contributed by atoms with E-state index in [4.69, 9.17) is 11.6 Å². The Morgan fingerprint density at radius 2 is 2.14 bits per heavy atom. The molecule has 0 aliphatic carbocycles. The number of nitrogens with zero attached hydrogens (tertiary/aromatic N) is 2. The Morgan fingerprint density at radius 3 is 2.71 bits per heavy atom. The number of anilines is 2. The van der Waals surface area contributed by atoms with Crippen molar-refractivity contribution in [2.75, 3.05) is 35.7 Å². The minimum Gasteiger partial charge on any atom is -0.390 e. The number of alkyl halides is 1. The highest BCUT2D eigenvalue weighted by molar-refractivity contribution is 6.18. The number of halogens is 1. The summed E-state index contributed by atoms with van der Waals surface area (Å²) < 4.78 is 0. The molecule has 1 unspecified atom stereocenters. The molecule has 1 aliphatic rings. The zero-order valence-electron chi connectivity index (χ0n) is 12.0. The van der Waals surface area contributed by atoms with Crippen molar-refractivity contribution in [2.24, 2.45) is 0 Å². The van der Waals surface area contributed by atoms with Gasteiger partial charge in [0.25, 0.3) is 5.69 Å². The second-order valence-electron chi connectivity index (χ2n) is 5.30. The van der Waals surface area contributed by atoms with Crippen LogP contribution in [0.25, 0.3) is 0 Å². The average Bonchev–Trinajstić information content (AvgIpc) is 2.99. The average molecular weight is 314 g/mol. The SMILES string of the molecule is Cc1cc([N+](=O)[O-])c(N2CCCC2)cc1NCC(O)CCl. The van der Waals surface area contributed by atoms with Crippen LogP contribution in [0.2, 0.25) is 0 Å². The minimum atomic E-state index is -0.642. The van der Waals surface area contributed by atoms with Crippen LogP contribution < -0.4 is 10.2 Å². The molecule has 1 aromatic rings. The number of nitro benzene ring substituents is 1. The van der Waals surface area contributed by atoms with E-state index in [1.807, 2.05) is 11.8 Å². The number of aliphatic hydroxyl groups is 1. The zero-order valence-corrected chi connectivity index (χ0v) is 12.8. The van der Waals surface area contributed by atoms with E-state index in [1.54, 1.807) is 12.1 Å². The maximum atomic E-state index is 11.3. The molecule has 1 aliphatic heterocycles. The van der Waals surface area contributed by atoms with Gasteiger partial charge in [-0.05, 0) is 31.4 Å². The first kappa shape index (κ1) is 15.9. The second-order valence-corrected chi connectivity index (χ2v) is 5.60. The van der Waals surface area contributed by atoms with E-state index >= 15 is 0 Å². The topological polar surface area (TPSA) is 78.6 Å². The van der Waals surface area contributed by atoms with Gasteiger partial charge in [0, 0.05) is 31.4 Å². The van der Waals surface area contributed by atoms with Gasteiger partial charge in [0.05, 0.1) is 16.9 Å². The van der Waals surface area contributed by atoms with Gasteiger partial charge in [0.2, 0.25) is 0 Å².